The summed E-state index contributed by atoms with van der Waals surface area (Å²) in [6.45, 7) is 8.12. The molecule has 130 valence electrons. The van der Waals surface area contributed by atoms with E-state index in [4.69, 9.17) is 0 Å². The van der Waals surface area contributed by atoms with Crippen molar-refractivity contribution < 1.29 is 14.6 Å². The summed E-state index contributed by atoms with van der Waals surface area (Å²) >= 11 is 0. The number of hydrogen-bond donors (Lipinski definition) is 2. The molecule has 0 radical (unpaired) electrons. The first-order valence-electron chi connectivity index (χ1n) is 8.48. The van der Waals surface area contributed by atoms with Gasteiger partial charge in [0.25, 0.3) is 6.47 Å². The van der Waals surface area contributed by atoms with Gasteiger partial charge in [-0.15, -0.1) is 0 Å². The number of piperidine rings is 1. The minimum absolute atomic E-state index is 0.223. The van der Waals surface area contributed by atoms with Gasteiger partial charge in [-0.25, -0.2) is 0 Å². The molecule has 0 aromatic heterocycles. The highest BCUT2D eigenvalue weighted by Crippen LogP contribution is 2.25. The van der Waals surface area contributed by atoms with E-state index in [0.717, 1.165) is 18.4 Å². The maximum absolute atomic E-state index is 10.3. The molecule has 0 bridgehead atoms. The molecule has 1 aliphatic heterocycles. The predicted octanol–water partition coefficient (Wildman–Crippen LogP) is 3.60. The van der Waals surface area contributed by atoms with Gasteiger partial charge in [-0.2, -0.15) is 0 Å². The van der Waals surface area contributed by atoms with Crippen LogP contribution in [0.2, 0.25) is 0 Å². The van der Waals surface area contributed by atoms with Crippen molar-refractivity contribution in [1.82, 2.24) is 5.32 Å². The van der Waals surface area contributed by atoms with E-state index in [0.29, 0.717) is 12.5 Å². The van der Waals surface area contributed by atoms with Crippen LogP contribution in [0, 0.1) is 0 Å². The van der Waals surface area contributed by atoms with Gasteiger partial charge in [0.05, 0.1) is 6.10 Å². The molecular formula is C19H31NO3. The maximum Gasteiger partial charge on any atom is 0.293 e. The minimum atomic E-state index is -0.365. The first-order chi connectivity index (χ1) is 10.9. The number of rotatable bonds is 4. The van der Waals surface area contributed by atoms with Gasteiger partial charge in [-0.1, -0.05) is 43.7 Å². The number of hydrogen-bond acceptors (Lipinski definition) is 4. The summed E-state index contributed by atoms with van der Waals surface area (Å²) in [6.07, 6.45) is 4.33. The third-order valence-corrected chi connectivity index (χ3v) is 3.93. The Morgan fingerprint density at radius 3 is 2.43 bits per heavy atom. The second-order valence-electron chi connectivity index (χ2n) is 6.99. The van der Waals surface area contributed by atoms with Crippen molar-refractivity contribution in [1.29, 1.82) is 0 Å². The number of benzene rings is 1. The fourth-order valence-electron chi connectivity index (χ4n) is 2.65. The van der Waals surface area contributed by atoms with Gasteiger partial charge in [-0.3, -0.25) is 4.79 Å². The van der Waals surface area contributed by atoms with Gasteiger partial charge in [0.1, 0.15) is 5.60 Å². The molecule has 1 aliphatic rings. The van der Waals surface area contributed by atoms with Crippen LogP contribution in [0.25, 0.3) is 0 Å². The lowest BCUT2D eigenvalue weighted by atomic mass is 9.91. The minimum Gasteiger partial charge on any atom is -0.462 e. The summed E-state index contributed by atoms with van der Waals surface area (Å²) in [5.74, 6) is 0. The van der Waals surface area contributed by atoms with Gasteiger partial charge in [0.2, 0.25) is 0 Å². The molecule has 0 saturated carbocycles. The molecule has 4 heteroatoms. The Morgan fingerprint density at radius 2 is 1.96 bits per heavy atom. The highest BCUT2D eigenvalue weighted by molar-refractivity contribution is 5.37. The molecule has 1 aromatic carbocycles. The van der Waals surface area contributed by atoms with Crippen molar-refractivity contribution in [3.8, 4) is 0 Å². The molecule has 2 rings (SSSR count). The van der Waals surface area contributed by atoms with Crippen molar-refractivity contribution in [3.63, 3.8) is 0 Å². The van der Waals surface area contributed by atoms with E-state index in [-0.39, 0.29) is 17.7 Å². The standard InChI is InChI=1S/C14H21NO.C5H10O2/c1-2-12-9-6-10-13(15-12)14(16)11-7-4-3-5-8-11;1-5(2,3)7-4-6/h3-5,7-8,12-16H,2,6,9-10H2,1H3;4H,1-3H3/t12?,13?,14-;/m1./s1. The maximum atomic E-state index is 10.3. The highest BCUT2D eigenvalue weighted by Gasteiger charge is 2.26. The van der Waals surface area contributed by atoms with Crippen LogP contribution in [0.3, 0.4) is 0 Å². The molecule has 1 fully saturated rings. The molecule has 0 spiro atoms. The van der Waals surface area contributed by atoms with Crippen LogP contribution in [0.1, 0.15) is 65.0 Å². The predicted molar refractivity (Wildman–Crippen MR) is 93.2 cm³/mol. The summed E-state index contributed by atoms with van der Waals surface area (Å²) in [5.41, 5.74) is 0.707. The van der Waals surface area contributed by atoms with Gasteiger partial charge in [0.15, 0.2) is 0 Å². The number of nitrogens with one attached hydrogen (secondary N) is 1. The Hall–Kier alpha value is -1.39. The third kappa shape index (κ3) is 7.62. The fraction of sp³-hybridized carbons (Fsp3) is 0.632. The smallest absolute Gasteiger partial charge is 0.293 e. The van der Waals surface area contributed by atoms with E-state index >= 15 is 0 Å². The quantitative estimate of drug-likeness (QED) is 0.832. The molecule has 4 nitrogen and oxygen atoms in total. The average Bonchev–Trinajstić information content (AvgIpc) is 2.54. The van der Waals surface area contributed by atoms with E-state index in [1.165, 1.54) is 12.8 Å². The van der Waals surface area contributed by atoms with Crippen molar-refractivity contribution >= 4 is 6.47 Å². The first kappa shape index (κ1) is 19.7. The van der Waals surface area contributed by atoms with Gasteiger partial charge >= 0.3 is 0 Å². The van der Waals surface area contributed by atoms with Gasteiger partial charge < -0.3 is 15.2 Å². The fourth-order valence-corrected chi connectivity index (χ4v) is 2.65. The van der Waals surface area contributed by atoms with E-state index in [2.05, 4.69) is 17.0 Å². The SMILES string of the molecule is CC(C)(C)OC=O.CCC1CCCC([C@H](O)c2ccccc2)N1. The molecule has 23 heavy (non-hydrogen) atoms. The zero-order valence-corrected chi connectivity index (χ0v) is 14.8. The van der Waals surface area contributed by atoms with Crippen molar-refractivity contribution in [2.45, 2.75) is 77.2 Å². The van der Waals surface area contributed by atoms with Gasteiger partial charge in [-0.05, 0) is 45.6 Å². The van der Waals surface area contributed by atoms with E-state index in [1.54, 1.807) is 0 Å². The second kappa shape index (κ2) is 9.68. The second-order valence-corrected chi connectivity index (χ2v) is 6.99. The zero-order valence-electron chi connectivity index (χ0n) is 14.8. The van der Waals surface area contributed by atoms with Crippen LogP contribution in [-0.4, -0.2) is 29.3 Å². The molecule has 0 amide bonds. The van der Waals surface area contributed by atoms with Crippen molar-refractivity contribution in [2.75, 3.05) is 0 Å². The number of ether oxygens (including phenoxy) is 1. The van der Waals surface area contributed by atoms with Gasteiger partial charge in [0, 0.05) is 12.1 Å². The molecule has 2 unspecified atom stereocenters. The Balaban J connectivity index is 0.000000322. The normalized spacial score (nSPS) is 22.5. The topological polar surface area (TPSA) is 58.6 Å². The van der Waals surface area contributed by atoms with E-state index in [9.17, 15) is 9.90 Å². The van der Waals surface area contributed by atoms with Crippen LogP contribution in [0.15, 0.2) is 30.3 Å². The van der Waals surface area contributed by atoms with Crippen molar-refractivity contribution in [2.24, 2.45) is 0 Å². The zero-order chi connectivity index (χ0) is 17.3. The molecule has 1 aromatic rings. The van der Waals surface area contributed by atoms with E-state index < -0.39 is 0 Å². The Bertz CT molecular complexity index is 442. The lowest BCUT2D eigenvalue weighted by Gasteiger charge is -2.33. The Labute approximate surface area is 140 Å². The average molecular weight is 321 g/mol. The molecular weight excluding hydrogens is 290 g/mol. The monoisotopic (exact) mass is 321 g/mol. The number of carbonyl (C=O) groups excluding carboxylic acids is 1. The lowest BCUT2D eigenvalue weighted by Crippen LogP contribution is -2.45. The lowest BCUT2D eigenvalue weighted by molar-refractivity contribution is -0.138. The summed E-state index contributed by atoms with van der Waals surface area (Å²) in [7, 11) is 0. The molecule has 2 N–H and O–H groups in total. The largest absolute Gasteiger partial charge is 0.462 e. The molecule has 0 aliphatic carbocycles. The summed E-state index contributed by atoms with van der Waals surface area (Å²) in [5, 5.41) is 13.8. The highest BCUT2D eigenvalue weighted by atomic mass is 16.5. The summed E-state index contributed by atoms with van der Waals surface area (Å²) in [4.78, 5) is 9.60. The van der Waals surface area contributed by atoms with E-state index in [1.807, 2.05) is 51.1 Å². The van der Waals surface area contributed by atoms with Crippen LogP contribution in [0.4, 0.5) is 0 Å². The van der Waals surface area contributed by atoms with Crippen LogP contribution >= 0.6 is 0 Å². The van der Waals surface area contributed by atoms with Crippen LogP contribution in [-0.2, 0) is 9.53 Å². The Kier molecular flexibility index (Phi) is 8.28. The molecule has 1 heterocycles. The summed E-state index contributed by atoms with van der Waals surface area (Å²) < 4.78 is 4.55. The first-order valence-corrected chi connectivity index (χ1v) is 8.48. The van der Waals surface area contributed by atoms with Crippen LogP contribution < -0.4 is 5.32 Å². The molecule has 1 saturated heterocycles. The number of aliphatic hydroxyl groups excluding tert-OH is 1. The molecule has 3 atom stereocenters. The summed E-state index contributed by atoms with van der Waals surface area (Å²) in [6, 6.07) is 10.8. The Morgan fingerprint density at radius 1 is 1.30 bits per heavy atom. The van der Waals surface area contributed by atoms with Crippen molar-refractivity contribution in [3.05, 3.63) is 35.9 Å². The third-order valence-electron chi connectivity index (χ3n) is 3.93. The van der Waals surface area contributed by atoms with Crippen LogP contribution in [0.5, 0.6) is 0 Å². The number of carbonyl (C=O) groups is 1. The number of aliphatic hydroxyl groups is 1.